The average Bonchev–Trinajstić information content (AvgIpc) is 3.01. The first-order valence-electron chi connectivity index (χ1n) is 8.57. The van der Waals surface area contributed by atoms with Gasteiger partial charge in [0.1, 0.15) is 0 Å². The van der Waals surface area contributed by atoms with Crippen molar-refractivity contribution in [2.45, 2.75) is 40.5 Å². The third-order valence-corrected chi connectivity index (χ3v) is 5.48. The first-order chi connectivity index (χ1) is 11.3. The number of aliphatic carboxylic acids is 1. The van der Waals surface area contributed by atoms with Crippen LogP contribution in [0.2, 0.25) is 0 Å². The highest BCUT2D eigenvalue weighted by molar-refractivity contribution is 5.96. The van der Waals surface area contributed by atoms with Crippen LogP contribution < -0.4 is 10.4 Å². The van der Waals surface area contributed by atoms with Crippen molar-refractivity contribution in [2.75, 3.05) is 5.32 Å². The van der Waals surface area contributed by atoms with Gasteiger partial charge >= 0.3 is 0 Å². The average molecular weight is 326 g/mol. The van der Waals surface area contributed by atoms with Gasteiger partial charge in [-0.1, -0.05) is 17.2 Å². The van der Waals surface area contributed by atoms with E-state index in [0.29, 0.717) is 0 Å². The Kier molecular flexibility index (Phi) is 4.24. The molecule has 3 rings (SSSR count). The van der Waals surface area contributed by atoms with Gasteiger partial charge in [0.15, 0.2) is 0 Å². The quantitative estimate of drug-likeness (QED) is 0.868. The van der Waals surface area contributed by atoms with E-state index in [4.69, 9.17) is 0 Å². The Morgan fingerprint density at radius 1 is 1.00 bits per heavy atom. The Morgan fingerprint density at radius 2 is 1.54 bits per heavy atom. The Balaban J connectivity index is 1.91. The van der Waals surface area contributed by atoms with Gasteiger partial charge < -0.3 is 15.2 Å². The minimum Gasteiger partial charge on any atom is -0.550 e. The van der Waals surface area contributed by atoms with E-state index in [1.165, 1.54) is 5.57 Å². The zero-order valence-corrected chi connectivity index (χ0v) is 14.7. The molecular formula is C20H24NO3-. The summed E-state index contributed by atoms with van der Waals surface area (Å²) in [4.78, 5) is 24.6. The molecule has 0 aliphatic heterocycles. The summed E-state index contributed by atoms with van der Waals surface area (Å²) in [5.74, 6) is -2.53. The molecule has 0 heterocycles. The van der Waals surface area contributed by atoms with E-state index in [9.17, 15) is 14.7 Å². The number of anilines is 1. The molecule has 0 saturated heterocycles. The van der Waals surface area contributed by atoms with Gasteiger partial charge in [0, 0.05) is 17.6 Å². The molecule has 1 aromatic carbocycles. The molecule has 4 heteroatoms. The fourth-order valence-corrected chi connectivity index (χ4v) is 4.86. The Morgan fingerprint density at radius 3 is 2.04 bits per heavy atom. The van der Waals surface area contributed by atoms with Crippen LogP contribution in [0.1, 0.15) is 37.8 Å². The lowest BCUT2D eigenvalue weighted by atomic mass is 9.78. The molecule has 1 amide bonds. The van der Waals surface area contributed by atoms with Crippen LogP contribution in [0.25, 0.3) is 0 Å². The molecule has 0 spiro atoms. The normalized spacial score (nSPS) is 28.1. The summed E-state index contributed by atoms with van der Waals surface area (Å²) in [5.41, 5.74) is 5.19. The first-order valence-corrected chi connectivity index (χ1v) is 8.57. The topological polar surface area (TPSA) is 69.2 Å². The highest BCUT2D eigenvalue weighted by Gasteiger charge is 2.54. The fraction of sp³-hybridized carbons (Fsp3) is 0.500. The van der Waals surface area contributed by atoms with Crippen LogP contribution in [-0.2, 0) is 9.59 Å². The molecule has 2 aliphatic carbocycles. The zero-order chi connectivity index (χ0) is 17.6. The van der Waals surface area contributed by atoms with Crippen LogP contribution in [0.15, 0.2) is 29.3 Å². The van der Waals surface area contributed by atoms with Crippen molar-refractivity contribution in [1.82, 2.24) is 0 Å². The summed E-state index contributed by atoms with van der Waals surface area (Å²) >= 11 is 0. The van der Waals surface area contributed by atoms with Gasteiger partial charge in [-0.05, 0) is 75.6 Å². The molecule has 0 unspecified atom stereocenters. The van der Waals surface area contributed by atoms with Gasteiger partial charge in [-0.15, -0.1) is 0 Å². The third kappa shape index (κ3) is 2.74. The number of fused-ring (bicyclic) bond motifs is 2. The number of aryl methyl sites for hydroxylation is 2. The maximum absolute atomic E-state index is 12.9. The lowest BCUT2D eigenvalue weighted by molar-refractivity contribution is -0.314. The van der Waals surface area contributed by atoms with E-state index in [1.54, 1.807) is 0 Å². The molecule has 4 nitrogen and oxygen atoms in total. The molecular weight excluding hydrogens is 302 g/mol. The van der Waals surface area contributed by atoms with Crippen LogP contribution in [0.5, 0.6) is 0 Å². The largest absolute Gasteiger partial charge is 0.550 e. The highest BCUT2D eigenvalue weighted by atomic mass is 16.4. The summed E-state index contributed by atoms with van der Waals surface area (Å²) < 4.78 is 0. The van der Waals surface area contributed by atoms with Crippen molar-refractivity contribution in [3.8, 4) is 0 Å². The van der Waals surface area contributed by atoms with Crippen molar-refractivity contribution < 1.29 is 14.7 Å². The summed E-state index contributed by atoms with van der Waals surface area (Å²) in [6, 6.07) is 5.86. The fourth-order valence-electron chi connectivity index (χ4n) is 4.86. The number of rotatable bonds is 3. The van der Waals surface area contributed by atoms with E-state index in [-0.39, 0.29) is 17.7 Å². The monoisotopic (exact) mass is 326 g/mol. The number of hydrogen-bond donors (Lipinski definition) is 1. The predicted octanol–water partition coefficient (Wildman–Crippen LogP) is 2.60. The van der Waals surface area contributed by atoms with E-state index in [0.717, 1.165) is 35.2 Å². The zero-order valence-electron chi connectivity index (χ0n) is 14.7. The molecule has 2 fully saturated rings. The molecule has 0 radical (unpaired) electrons. The van der Waals surface area contributed by atoms with Gasteiger partial charge in [0.2, 0.25) is 5.91 Å². The second-order valence-corrected chi connectivity index (χ2v) is 7.48. The van der Waals surface area contributed by atoms with Crippen LogP contribution in [0.3, 0.4) is 0 Å². The van der Waals surface area contributed by atoms with Gasteiger partial charge in [-0.2, -0.15) is 0 Å². The van der Waals surface area contributed by atoms with Gasteiger partial charge in [0.25, 0.3) is 0 Å². The predicted molar refractivity (Wildman–Crippen MR) is 91.1 cm³/mol. The standard InChI is InChI=1S/C20H25NO3/c1-10(2)16-14-5-6-15(16)18(20(23)24)17(14)19(22)21-13-8-11(3)7-12(4)9-13/h7-9,14-15,17-18H,5-6H2,1-4H3,(H,21,22)(H,23,24)/p-1/t14-,15-,17-,18+/m1/s1. The second kappa shape index (κ2) is 6.08. The minimum absolute atomic E-state index is 0.0359. The number of benzene rings is 1. The number of hydrogen-bond acceptors (Lipinski definition) is 3. The second-order valence-electron chi connectivity index (χ2n) is 7.48. The smallest absolute Gasteiger partial charge is 0.228 e. The summed E-state index contributed by atoms with van der Waals surface area (Å²) in [5, 5.41) is 14.7. The van der Waals surface area contributed by atoms with Crippen molar-refractivity contribution in [1.29, 1.82) is 0 Å². The van der Waals surface area contributed by atoms with Crippen LogP contribution in [0, 0.1) is 37.5 Å². The van der Waals surface area contributed by atoms with E-state index in [1.807, 2.05) is 45.9 Å². The van der Waals surface area contributed by atoms with Crippen molar-refractivity contribution >= 4 is 17.6 Å². The molecule has 2 bridgehead atoms. The Hall–Kier alpha value is -2.10. The number of carboxylic acid groups (broad SMARTS) is 1. The van der Waals surface area contributed by atoms with Crippen molar-refractivity contribution in [3.63, 3.8) is 0 Å². The number of amides is 1. The highest BCUT2D eigenvalue weighted by Crippen LogP contribution is 2.57. The van der Waals surface area contributed by atoms with Crippen LogP contribution in [0.4, 0.5) is 5.69 Å². The Bertz CT molecular complexity index is 710. The summed E-state index contributed by atoms with van der Waals surface area (Å²) in [6.45, 7) is 7.98. The molecule has 1 aromatic rings. The van der Waals surface area contributed by atoms with E-state index >= 15 is 0 Å². The maximum Gasteiger partial charge on any atom is 0.228 e. The van der Waals surface area contributed by atoms with Gasteiger partial charge in [-0.3, -0.25) is 4.79 Å². The third-order valence-electron chi connectivity index (χ3n) is 5.48. The molecule has 4 atom stereocenters. The first kappa shape index (κ1) is 16.7. The SMILES string of the molecule is CC(C)=C1[C@H]2CC[C@H]1[C@@H](C(=O)Nc1cc(C)cc(C)c1)[C@H]2C(=O)[O-]. The molecule has 2 saturated carbocycles. The molecule has 128 valence electrons. The molecule has 24 heavy (non-hydrogen) atoms. The van der Waals surface area contributed by atoms with Crippen molar-refractivity contribution in [2.24, 2.45) is 23.7 Å². The number of carboxylic acids is 1. The number of nitrogens with one attached hydrogen (secondary N) is 1. The molecule has 2 aliphatic rings. The lowest BCUT2D eigenvalue weighted by Crippen LogP contribution is -2.43. The molecule has 0 aromatic heterocycles. The van der Waals surface area contributed by atoms with E-state index in [2.05, 4.69) is 5.32 Å². The van der Waals surface area contributed by atoms with Crippen LogP contribution >= 0.6 is 0 Å². The number of carbonyl (C=O) groups is 2. The minimum atomic E-state index is -1.10. The van der Waals surface area contributed by atoms with Gasteiger partial charge in [0.05, 0.1) is 5.92 Å². The van der Waals surface area contributed by atoms with Crippen LogP contribution in [-0.4, -0.2) is 11.9 Å². The summed E-state index contributed by atoms with van der Waals surface area (Å²) in [7, 11) is 0. The maximum atomic E-state index is 12.9. The Labute approximate surface area is 143 Å². The number of carbonyl (C=O) groups excluding carboxylic acids is 2. The van der Waals surface area contributed by atoms with Gasteiger partial charge in [-0.25, -0.2) is 0 Å². The lowest BCUT2D eigenvalue weighted by Gasteiger charge is -2.30. The molecule has 1 N–H and O–H groups in total. The van der Waals surface area contributed by atoms with Crippen molar-refractivity contribution in [3.05, 3.63) is 40.5 Å². The summed E-state index contributed by atoms with van der Waals surface area (Å²) in [6.07, 6.45) is 1.73. The van der Waals surface area contributed by atoms with E-state index < -0.39 is 17.8 Å². The number of allylic oxidation sites excluding steroid dienone is 2.